The molecule has 2 rings (SSSR count). The third-order valence-corrected chi connectivity index (χ3v) is 4.32. The lowest BCUT2D eigenvalue weighted by Gasteiger charge is -2.41. The molecule has 5 nitrogen and oxygen atoms in total. The van der Waals surface area contributed by atoms with Crippen molar-refractivity contribution in [1.29, 1.82) is 0 Å². The van der Waals surface area contributed by atoms with Crippen molar-refractivity contribution in [2.24, 2.45) is 0 Å². The van der Waals surface area contributed by atoms with E-state index in [1.807, 2.05) is 0 Å². The molecule has 134 valence electrons. The summed E-state index contributed by atoms with van der Waals surface area (Å²) in [5.74, 6) is 0.233. The first-order chi connectivity index (χ1) is 11.3. The van der Waals surface area contributed by atoms with Crippen molar-refractivity contribution in [3.63, 3.8) is 0 Å². The zero-order valence-electron chi connectivity index (χ0n) is 13.7. The fourth-order valence-corrected chi connectivity index (χ4v) is 2.82. The quantitative estimate of drug-likeness (QED) is 0.891. The maximum Gasteiger partial charge on any atom is 0.417 e. The van der Waals surface area contributed by atoms with Gasteiger partial charge in [0.2, 0.25) is 5.91 Å². The van der Waals surface area contributed by atoms with Crippen molar-refractivity contribution in [1.82, 2.24) is 4.90 Å². The van der Waals surface area contributed by atoms with Gasteiger partial charge in [-0.25, -0.2) is 0 Å². The number of methoxy groups -OCH3 is 2. The Bertz CT molecular complexity index is 570. The van der Waals surface area contributed by atoms with Crippen LogP contribution in [0.2, 0.25) is 0 Å². The number of benzene rings is 1. The average molecular weight is 346 g/mol. The first-order valence-corrected chi connectivity index (χ1v) is 7.58. The topological polar surface area (TPSA) is 50.8 Å². The molecule has 1 aliphatic rings. The number of hydrogen-bond donors (Lipinski definition) is 1. The van der Waals surface area contributed by atoms with E-state index < -0.39 is 11.8 Å². The standard InChI is InChI=1S/C16H21F3N2O3/c1-23-13-6-4-3-5-12(13)20-14(22)11-21-9-7-15(24-2,8-10-21)16(17,18)19/h3-6H,7-11H2,1-2H3,(H,20,22). The van der Waals surface area contributed by atoms with Crippen LogP contribution in [0.5, 0.6) is 5.75 Å². The van der Waals surface area contributed by atoms with Crippen LogP contribution in [0.3, 0.4) is 0 Å². The molecule has 0 bridgehead atoms. The van der Waals surface area contributed by atoms with Crippen molar-refractivity contribution >= 4 is 11.6 Å². The second-order valence-corrected chi connectivity index (χ2v) is 5.72. The normalized spacial score (nSPS) is 18.2. The summed E-state index contributed by atoms with van der Waals surface area (Å²) in [6.45, 7) is 0.315. The molecule has 1 aliphatic heterocycles. The number of ether oxygens (including phenoxy) is 2. The fourth-order valence-electron chi connectivity index (χ4n) is 2.82. The highest BCUT2D eigenvalue weighted by Crippen LogP contribution is 2.41. The molecule has 24 heavy (non-hydrogen) atoms. The van der Waals surface area contributed by atoms with Crippen LogP contribution < -0.4 is 10.1 Å². The minimum Gasteiger partial charge on any atom is -0.495 e. The minimum absolute atomic E-state index is 0.0235. The van der Waals surface area contributed by atoms with Crippen LogP contribution in [0.4, 0.5) is 18.9 Å². The number of piperidine rings is 1. The summed E-state index contributed by atoms with van der Waals surface area (Å²) < 4.78 is 49.3. The van der Waals surface area contributed by atoms with Crippen molar-refractivity contribution in [2.75, 3.05) is 39.2 Å². The summed E-state index contributed by atoms with van der Waals surface area (Å²) in [7, 11) is 2.58. The van der Waals surface area contributed by atoms with E-state index in [-0.39, 0.29) is 38.4 Å². The second kappa shape index (κ2) is 7.40. The van der Waals surface area contributed by atoms with Gasteiger partial charge in [0.05, 0.1) is 19.3 Å². The van der Waals surface area contributed by atoms with Gasteiger partial charge in [0.15, 0.2) is 5.60 Å². The Labute approximate surface area is 138 Å². The molecule has 0 aliphatic carbocycles. The van der Waals surface area contributed by atoms with Crippen molar-refractivity contribution in [2.45, 2.75) is 24.6 Å². The average Bonchev–Trinajstić information content (AvgIpc) is 2.55. The number of hydrogen-bond acceptors (Lipinski definition) is 4. The molecule has 1 aromatic rings. The van der Waals surface area contributed by atoms with Gasteiger partial charge < -0.3 is 14.8 Å². The Kier molecular flexibility index (Phi) is 5.71. The monoisotopic (exact) mass is 346 g/mol. The number of nitrogens with zero attached hydrogens (tertiary/aromatic N) is 1. The number of anilines is 1. The summed E-state index contributed by atoms with van der Waals surface area (Å²) in [5.41, 5.74) is -1.58. The van der Waals surface area contributed by atoms with E-state index in [0.717, 1.165) is 7.11 Å². The molecule has 8 heteroatoms. The van der Waals surface area contributed by atoms with E-state index in [2.05, 4.69) is 5.32 Å². The fraction of sp³-hybridized carbons (Fsp3) is 0.562. The Morgan fingerprint density at radius 3 is 2.42 bits per heavy atom. The van der Waals surface area contributed by atoms with Crippen LogP contribution in [0, 0.1) is 0 Å². The zero-order valence-corrected chi connectivity index (χ0v) is 13.7. The first kappa shape index (κ1) is 18.5. The smallest absolute Gasteiger partial charge is 0.417 e. The molecule has 1 N–H and O–H groups in total. The third-order valence-electron chi connectivity index (χ3n) is 4.32. The minimum atomic E-state index is -4.41. The number of carbonyl (C=O) groups is 1. The van der Waals surface area contributed by atoms with Gasteiger partial charge in [-0.1, -0.05) is 12.1 Å². The van der Waals surface area contributed by atoms with Gasteiger partial charge in [-0.2, -0.15) is 13.2 Å². The van der Waals surface area contributed by atoms with Crippen LogP contribution in [-0.4, -0.2) is 56.4 Å². The largest absolute Gasteiger partial charge is 0.495 e. The molecule has 0 radical (unpaired) electrons. The van der Waals surface area contributed by atoms with Crippen molar-refractivity contribution < 1.29 is 27.4 Å². The Hall–Kier alpha value is -1.80. The molecule has 1 aromatic carbocycles. The number of rotatable bonds is 5. The lowest BCUT2D eigenvalue weighted by Crippen LogP contribution is -2.55. The molecule has 1 saturated heterocycles. The van der Waals surface area contributed by atoms with E-state index in [0.29, 0.717) is 11.4 Å². The number of alkyl halides is 3. The van der Waals surface area contributed by atoms with Crippen molar-refractivity contribution in [3.05, 3.63) is 24.3 Å². The van der Waals surface area contributed by atoms with Crippen LogP contribution in [0.1, 0.15) is 12.8 Å². The van der Waals surface area contributed by atoms with Crippen LogP contribution in [-0.2, 0) is 9.53 Å². The van der Waals surface area contributed by atoms with Gasteiger partial charge in [0, 0.05) is 20.2 Å². The third kappa shape index (κ3) is 3.99. The highest BCUT2D eigenvalue weighted by Gasteiger charge is 2.56. The van der Waals surface area contributed by atoms with E-state index in [9.17, 15) is 18.0 Å². The number of para-hydroxylation sites is 2. The molecule has 1 heterocycles. The van der Waals surface area contributed by atoms with Gasteiger partial charge in [-0.15, -0.1) is 0 Å². The highest BCUT2D eigenvalue weighted by atomic mass is 19.4. The van der Waals surface area contributed by atoms with Crippen LogP contribution in [0.25, 0.3) is 0 Å². The van der Waals surface area contributed by atoms with Gasteiger partial charge in [0.1, 0.15) is 5.75 Å². The molecular formula is C16H21F3N2O3. The van der Waals surface area contributed by atoms with E-state index in [4.69, 9.17) is 9.47 Å². The molecule has 0 atom stereocenters. The van der Waals surface area contributed by atoms with Gasteiger partial charge in [-0.05, 0) is 25.0 Å². The molecule has 0 unspecified atom stereocenters. The number of nitrogens with one attached hydrogen (secondary N) is 1. The van der Waals surface area contributed by atoms with Gasteiger partial charge >= 0.3 is 6.18 Å². The molecule has 0 spiro atoms. The predicted octanol–water partition coefficient (Wildman–Crippen LogP) is 2.68. The maximum absolute atomic E-state index is 13.1. The number of amides is 1. The summed E-state index contributed by atoms with van der Waals surface area (Å²) >= 11 is 0. The molecule has 0 saturated carbocycles. The highest BCUT2D eigenvalue weighted by molar-refractivity contribution is 5.93. The van der Waals surface area contributed by atoms with E-state index in [1.165, 1.54) is 7.11 Å². The summed E-state index contributed by atoms with van der Waals surface area (Å²) in [6, 6.07) is 6.95. The first-order valence-electron chi connectivity index (χ1n) is 7.58. The SMILES string of the molecule is COc1ccccc1NC(=O)CN1CCC(OC)(C(F)(F)F)CC1. The van der Waals surface area contributed by atoms with Crippen LogP contribution in [0.15, 0.2) is 24.3 Å². The second-order valence-electron chi connectivity index (χ2n) is 5.72. The zero-order chi connectivity index (χ0) is 17.8. The van der Waals surface area contributed by atoms with E-state index in [1.54, 1.807) is 29.2 Å². The Balaban J connectivity index is 1.91. The number of carbonyl (C=O) groups excluding carboxylic acids is 1. The van der Waals surface area contributed by atoms with Crippen molar-refractivity contribution in [3.8, 4) is 5.75 Å². The number of halogens is 3. The molecule has 0 aromatic heterocycles. The molecule has 1 amide bonds. The maximum atomic E-state index is 13.1. The Morgan fingerprint density at radius 1 is 1.25 bits per heavy atom. The molecular weight excluding hydrogens is 325 g/mol. The Morgan fingerprint density at radius 2 is 1.88 bits per heavy atom. The predicted molar refractivity (Wildman–Crippen MR) is 83.1 cm³/mol. The summed E-state index contributed by atoms with van der Waals surface area (Å²) in [5, 5.41) is 2.71. The van der Waals surface area contributed by atoms with Crippen LogP contribution >= 0.6 is 0 Å². The molecule has 1 fully saturated rings. The summed E-state index contributed by atoms with van der Waals surface area (Å²) in [6.07, 6.45) is -4.78. The lowest BCUT2D eigenvalue weighted by molar-refractivity contribution is -0.282. The lowest BCUT2D eigenvalue weighted by atomic mass is 9.90. The van der Waals surface area contributed by atoms with Gasteiger partial charge in [0.25, 0.3) is 0 Å². The summed E-state index contributed by atoms with van der Waals surface area (Å²) in [4.78, 5) is 13.8. The van der Waals surface area contributed by atoms with E-state index >= 15 is 0 Å². The van der Waals surface area contributed by atoms with Gasteiger partial charge in [-0.3, -0.25) is 9.69 Å². The number of likely N-dealkylation sites (tertiary alicyclic amines) is 1.